The van der Waals surface area contributed by atoms with E-state index >= 15 is 0 Å². The maximum atomic E-state index is 14.6. The van der Waals surface area contributed by atoms with Crippen LogP contribution in [0.2, 0.25) is 0 Å². The molecule has 0 bridgehead atoms. The molecule has 1 nitrogen and oxygen atoms in total. The Bertz CT molecular complexity index is 591. The summed E-state index contributed by atoms with van der Waals surface area (Å²) in [4.78, 5) is 0. The number of rotatable bonds is 4. The fourth-order valence-corrected chi connectivity index (χ4v) is 2.70. The van der Waals surface area contributed by atoms with Crippen LogP contribution in [0.5, 0.6) is 0 Å². The first-order valence-electron chi connectivity index (χ1n) is 7.39. The van der Waals surface area contributed by atoms with Gasteiger partial charge in [-0.15, -0.1) is 0 Å². The highest BCUT2D eigenvalue weighted by Gasteiger charge is 2.14. The zero-order chi connectivity index (χ0) is 14.9. The molecule has 2 rings (SSSR count). The molecule has 0 aliphatic rings. The van der Waals surface area contributed by atoms with E-state index in [1.165, 1.54) is 0 Å². The van der Waals surface area contributed by atoms with Gasteiger partial charge in [0.1, 0.15) is 5.82 Å². The molecule has 1 aromatic carbocycles. The zero-order valence-electron chi connectivity index (χ0n) is 13.1. The summed E-state index contributed by atoms with van der Waals surface area (Å²) in [5, 5.41) is 0. The minimum absolute atomic E-state index is 0.0460. The lowest BCUT2D eigenvalue weighted by atomic mass is 9.96. The van der Waals surface area contributed by atoms with Gasteiger partial charge >= 0.3 is 0 Å². The van der Waals surface area contributed by atoms with Crippen molar-refractivity contribution in [2.45, 2.75) is 47.5 Å². The monoisotopic (exact) mass is 273 g/mol. The van der Waals surface area contributed by atoms with Gasteiger partial charge in [0.15, 0.2) is 0 Å². The normalized spacial score (nSPS) is 12.7. The van der Waals surface area contributed by atoms with Gasteiger partial charge in [0.05, 0.1) is 5.69 Å². The Labute approximate surface area is 121 Å². The van der Waals surface area contributed by atoms with Crippen LogP contribution in [0.25, 0.3) is 5.69 Å². The molecule has 0 aliphatic heterocycles. The molecule has 108 valence electrons. The Morgan fingerprint density at radius 2 is 1.65 bits per heavy atom. The van der Waals surface area contributed by atoms with Gasteiger partial charge in [-0.1, -0.05) is 26.3 Å². The molecule has 2 heteroatoms. The van der Waals surface area contributed by atoms with Gasteiger partial charge in [-0.05, 0) is 56.9 Å². The minimum Gasteiger partial charge on any atom is -0.318 e. The number of nitrogens with zero attached hydrogens (tertiary/aromatic N) is 1. The fourth-order valence-electron chi connectivity index (χ4n) is 2.70. The van der Waals surface area contributed by atoms with Crippen LogP contribution in [0.4, 0.5) is 4.39 Å². The van der Waals surface area contributed by atoms with Gasteiger partial charge in [-0.2, -0.15) is 0 Å². The highest BCUT2D eigenvalue weighted by Crippen LogP contribution is 2.25. The molecule has 0 saturated heterocycles. The molecule has 1 unspecified atom stereocenters. The van der Waals surface area contributed by atoms with Crippen molar-refractivity contribution in [3.05, 3.63) is 52.6 Å². The van der Waals surface area contributed by atoms with E-state index in [9.17, 15) is 4.39 Å². The van der Waals surface area contributed by atoms with Crippen LogP contribution in [-0.4, -0.2) is 4.57 Å². The zero-order valence-corrected chi connectivity index (χ0v) is 13.1. The second-order valence-corrected chi connectivity index (χ2v) is 5.85. The third-order valence-corrected chi connectivity index (χ3v) is 4.22. The number of aromatic nitrogens is 1. The molecule has 0 N–H and O–H groups in total. The summed E-state index contributed by atoms with van der Waals surface area (Å²) < 4.78 is 16.7. The van der Waals surface area contributed by atoms with E-state index in [4.69, 9.17) is 0 Å². The van der Waals surface area contributed by atoms with Crippen LogP contribution in [0.15, 0.2) is 24.3 Å². The second-order valence-electron chi connectivity index (χ2n) is 5.85. The Morgan fingerprint density at radius 1 is 1.05 bits per heavy atom. The van der Waals surface area contributed by atoms with Crippen LogP contribution in [0, 0.1) is 32.5 Å². The molecular weight excluding hydrogens is 249 g/mol. The van der Waals surface area contributed by atoms with E-state index in [-0.39, 0.29) is 5.82 Å². The van der Waals surface area contributed by atoms with E-state index in [2.05, 4.69) is 50.5 Å². The Balaban J connectivity index is 2.46. The largest absolute Gasteiger partial charge is 0.318 e. The SMILES string of the molecule is CCC(C)Cc1ccc(-n2c(C)ccc2C)c(C)c1F. The first kappa shape index (κ1) is 14.8. The fraction of sp³-hybridized carbons (Fsp3) is 0.444. The van der Waals surface area contributed by atoms with E-state index < -0.39 is 0 Å². The third-order valence-electron chi connectivity index (χ3n) is 4.22. The summed E-state index contributed by atoms with van der Waals surface area (Å²) in [5.41, 5.74) is 4.81. The smallest absolute Gasteiger partial charge is 0.131 e. The van der Waals surface area contributed by atoms with Gasteiger partial charge < -0.3 is 4.57 Å². The van der Waals surface area contributed by atoms with Crippen molar-refractivity contribution in [2.24, 2.45) is 5.92 Å². The molecule has 1 heterocycles. The molecule has 1 aromatic heterocycles. The first-order chi connectivity index (χ1) is 9.45. The quantitative estimate of drug-likeness (QED) is 0.727. The maximum Gasteiger partial charge on any atom is 0.131 e. The van der Waals surface area contributed by atoms with E-state index in [0.717, 1.165) is 41.0 Å². The van der Waals surface area contributed by atoms with Crippen molar-refractivity contribution in [3.8, 4) is 5.69 Å². The average Bonchev–Trinajstić information content (AvgIpc) is 2.75. The van der Waals surface area contributed by atoms with Crippen molar-refractivity contribution in [1.82, 2.24) is 4.57 Å². The summed E-state index contributed by atoms with van der Waals surface area (Å²) in [6, 6.07) is 8.14. The Hall–Kier alpha value is -1.57. The van der Waals surface area contributed by atoms with E-state index in [1.54, 1.807) is 0 Å². The van der Waals surface area contributed by atoms with Crippen molar-refractivity contribution >= 4 is 0 Å². The maximum absolute atomic E-state index is 14.6. The summed E-state index contributed by atoms with van der Waals surface area (Å²) in [6.07, 6.45) is 1.89. The Morgan fingerprint density at radius 3 is 2.20 bits per heavy atom. The molecule has 0 saturated carbocycles. The molecule has 0 spiro atoms. The molecule has 20 heavy (non-hydrogen) atoms. The van der Waals surface area contributed by atoms with Crippen LogP contribution >= 0.6 is 0 Å². The molecule has 0 amide bonds. The Kier molecular flexibility index (Phi) is 4.32. The van der Waals surface area contributed by atoms with Crippen molar-refractivity contribution in [1.29, 1.82) is 0 Å². The van der Waals surface area contributed by atoms with E-state index in [1.807, 2.05) is 13.0 Å². The van der Waals surface area contributed by atoms with Crippen LogP contribution in [-0.2, 0) is 6.42 Å². The highest BCUT2D eigenvalue weighted by molar-refractivity contribution is 5.47. The number of hydrogen-bond donors (Lipinski definition) is 0. The lowest BCUT2D eigenvalue weighted by molar-refractivity contribution is 0.528. The van der Waals surface area contributed by atoms with Gasteiger partial charge in [0.25, 0.3) is 0 Å². The van der Waals surface area contributed by atoms with E-state index in [0.29, 0.717) is 5.92 Å². The van der Waals surface area contributed by atoms with Gasteiger partial charge in [-0.25, -0.2) is 4.39 Å². The van der Waals surface area contributed by atoms with Crippen LogP contribution < -0.4 is 0 Å². The molecular formula is C18H24FN. The second kappa shape index (κ2) is 5.82. The number of aryl methyl sites for hydroxylation is 2. The number of benzene rings is 1. The molecule has 0 aliphatic carbocycles. The number of hydrogen-bond acceptors (Lipinski definition) is 0. The predicted molar refractivity (Wildman–Crippen MR) is 83.1 cm³/mol. The van der Waals surface area contributed by atoms with Crippen molar-refractivity contribution in [3.63, 3.8) is 0 Å². The summed E-state index contributed by atoms with van der Waals surface area (Å²) >= 11 is 0. The molecule has 2 aromatic rings. The van der Waals surface area contributed by atoms with Crippen LogP contribution in [0.3, 0.4) is 0 Å². The van der Waals surface area contributed by atoms with Gasteiger partial charge in [0, 0.05) is 17.0 Å². The lowest BCUT2D eigenvalue weighted by Gasteiger charge is -2.16. The summed E-state index contributed by atoms with van der Waals surface area (Å²) in [7, 11) is 0. The topological polar surface area (TPSA) is 4.93 Å². The standard InChI is InChI=1S/C18H24FN/c1-6-12(2)11-16-9-10-17(15(5)18(16)19)20-13(3)7-8-14(20)4/h7-10,12H,6,11H2,1-5H3. The summed E-state index contributed by atoms with van der Waals surface area (Å²) in [5.74, 6) is 0.472. The lowest BCUT2D eigenvalue weighted by Crippen LogP contribution is -2.07. The number of halogens is 1. The minimum atomic E-state index is -0.0460. The first-order valence-corrected chi connectivity index (χ1v) is 7.39. The van der Waals surface area contributed by atoms with Crippen molar-refractivity contribution in [2.75, 3.05) is 0 Å². The molecule has 1 atom stereocenters. The van der Waals surface area contributed by atoms with Gasteiger partial charge in [-0.3, -0.25) is 0 Å². The predicted octanol–water partition coefficient (Wildman–Crippen LogP) is 5.13. The van der Waals surface area contributed by atoms with Crippen molar-refractivity contribution < 1.29 is 4.39 Å². The average molecular weight is 273 g/mol. The summed E-state index contributed by atoms with van der Waals surface area (Å²) in [6.45, 7) is 10.3. The molecule has 0 radical (unpaired) electrons. The third kappa shape index (κ3) is 2.65. The highest BCUT2D eigenvalue weighted by atomic mass is 19.1. The van der Waals surface area contributed by atoms with Gasteiger partial charge in [0.2, 0.25) is 0 Å². The van der Waals surface area contributed by atoms with Crippen LogP contribution in [0.1, 0.15) is 42.8 Å². The molecule has 0 fully saturated rings.